The summed E-state index contributed by atoms with van der Waals surface area (Å²) in [5, 5.41) is 26.7. The Morgan fingerprint density at radius 3 is 2.29 bits per heavy atom. The van der Waals surface area contributed by atoms with Crippen molar-refractivity contribution in [3.8, 4) is 0 Å². The molecule has 0 heterocycles. The molecule has 0 aliphatic heterocycles. The van der Waals surface area contributed by atoms with Gasteiger partial charge in [0.15, 0.2) is 0 Å². The molecule has 0 saturated heterocycles. The fourth-order valence-electron chi connectivity index (χ4n) is 1.72. The lowest BCUT2D eigenvalue weighted by molar-refractivity contribution is -0.432. The predicted molar refractivity (Wildman–Crippen MR) is 78.3 cm³/mol. The van der Waals surface area contributed by atoms with E-state index in [0.29, 0.717) is 13.0 Å². The number of aliphatic imine (C=N–C) groups is 1. The van der Waals surface area contributed by atoms with Gasteiger partial charge in [-0.1, -0.05) is 30.3 Å². The van der Waals surface area contributed by atoms with Crippen LogP contribution in [0.4, 0.5) is 0 Å². The van der Waals surface area contributed by atoms with Gasteiger partial charge < -0.3 is 24.2 Å². The van der Waals surface area contributed by atoms with Crippen LogP contribution in [0.15, 0.2) is 35.3 Å². The molecule has 0 aromatic heterocycles. The molecular formula is C13H21NO6Si. The zero-order valence-electron chi connectivity index (χ0n) is 12.1. The minimum Gasteiger partial charge on any atom is -0.377 e. The summed E-state index contributed by atoms with van der Waals surface area (Å²) in [6.07, 6.45) is -1.14. The van der Waals surface area contributed by atoms with Crippen molar-refractivity contribution in [2.75, 3.05) is 14.2 Å². The molecule has 7 nitrogen and oxygen atoms in total. The smallest absolute Gasteiger partial charge is 0.377 e. The molecule has 0 radical (unpaired) electrons. The molecule has 0 unspecified atom stereocenters. The standard InChI is InChI=1S/C13H21NO6Si/c1-18-21(19-2,20-13(15,16)17)10-6-9-14-11-12-7-4-3-5-8-12/h3-5,7-9,15-17H,6,10-11H2,1-2H3. The molecule has 0 bridgehead atoms. The number of hydrogen-bond donors (Lipinski definition) is 3. The predicted octanol–water partition coefficient (Wildman–Crippen LogP) is 0.484. The van der Waals surface area contributed by atoms with E-state index in [4.69, 9.17) is 24.2 Å². The molecule has 0 saturated carbocycles. The summed E-state index contributed by atoms with van der Waals surface area (Å²) in [6.45, 7) is 0.556. The Hall–Kier alpha value is -1.13. The van der Waals surface area contributed by atoms with Crippen molar-refractivity contribution in [1.82, 2.24) is 0 Å². The van der Waals surface area contributed by atoms with Gasteiger partial charge >= 0.3 is 15.0 Å². The Bertz CT molecular complexity index is 430. The molecule has 1 aromatic rings. The van der Waals surface area contributed by atoms with Gasteiger partial charge in [-0.25, -0.2) is 0 Å². The minimum atomic E-state index is -3.35. The van der Waals surface area contributed by atoms with E-state index in [-0.39, 0.29) is 6.04 Å². The maximum Gasteiger partial charge on any atom is 0.506 e. The monoisotopic (exact) mass is 315 g/mol. The molecule has 0 aliphatic rings. The number of aliphatic hydroxyl groups is 3. The highest BCUT2D eigenvalue weighted by Gasteiger charge is 2.45. The first kappa shape index (κ1) is 17.9. The van der Waals surface area contributed by atoms with Gasteiger partial charge in [-0.05, 0) is 18.2 Å². The third-order valence-corrected chi connectivity index (χ3v) is 5.47. The molecule has 8 heteroatoms. The molecule has 0 aliphatic carbocycles. The zero-order valence-corrected chi connectivity index (χ0v) is 13.1. The molecule has 0 spiro atoms. The van der Waals surface area contributed by atoms with E-state index in [2.05, 4.69) is 9.42 Å². The van der Waals surface area contributed by atoms with Crippen molar-refractivity contribution >= 4 is 15.0 Å². The van der Waals surface area contributed by atoms with Crippen LogP contribution in [0.5, 0.6) is 0 Å². The lowest BCUT2D eigenvalue weighted by atomic mass is 10.2. The highest BCUT2D eigenvalue weighted by molar-refractivity contribution is 6.60. The Morgan fingerprint density at radius 2 is 1.76 bits per heavy atom. The highest BCUT2D eigenvalue weighted by atomic mass is 28.4. The third kappa shape index (κ3) is 6.91. The van der Waals surface area contributed by atoms with Gasteiger partial charge in [0.05, 0.1) is 6.54 Å². The van der Waals surface area contributed by atoms with Crippen molar-refractivity contribution in [2.24, 2.45) is 4.99 Å². The van der Waals surface area contributed by atoms with E-state index >= 15 is 0 Å². The second-order valence-electron chi connectivity index (χ2n) is 4.31. The first-order valence-electron chi connectivity index (χ1n) is 6.40. The Balaban J connectivity index is 2.46. The molecular weight excluding hydrogens is 294 g/mol. The van der Waals surface area contributed by atoms with Gasteiger partial charge in [-0.3, -0.25) is 9.42 Å². The zero-order chi connectivity index (χ0) is 15.8. The van der Waals surface area contributed by atoms with E-state index in [1.54, 1.807) is 6.21 Å². The van der Waals surface area contributed by atoms with E-state index in [0.717, 1.165) is 5.56 Å². The molecule has 0 fully saturated rings. The van der Waals surface area contributed by atoms with Crippen molar-refractivity contribution < 1.29 is 28.6 Å². The molecule has 3 N–H and O–H groups in total. The normalized spacial score (nSPS) is 13.0. The third-order valence-electron chi connectivity index (χ3n) is 2.74. The van der Waals surface area contributed by atoms with Crippen LogP contribution in [0.2, 0.25) is 6.04 Å². The molecule has 1 aromatic carbocycles. The number of nitrogens with zero attached hydrogens (tertiary/aromatic N) is 1. The SMILES string of the molecule is CO[Si](CCC=NCc1ccccc1)(OC)OC(O)(O)O. The first-order chi connectivity index (χ1) is 9.91. The maximum atomic E-state index is 8.90. The summed E-state index contributed by atoms with van der Waals surface area (Å²) < 4.78 is 14.8. The summed E-state index contributed by atoms with van der Waals surface area (Å²) in [6, 6.07) is 10.0. The highest BCUT2D eigenvalue weighted by Crippen LogP contribution is 2.19. The first-order valence-corrected chi connectivity index (χ1v) is 8.34. The van der Waals surface area contributed by atoms with E-state index in [1.807, 2.05) is 30.3 Å². The van der Waals surface area contributed by atoms with Gasteiger partial charge in [0, 0.05) is 20.3 Å². The van der Waals surface area contributed by atoms with Crippen LogP contribution in [0.25, 0.3) is 0 Å². The van der Waals surface area contributed by atoms with Crippen LogP contribution in [0.3, 0.4) is 0 Å². The van der Waals surface area contributed by atoms with Gasteiger partial charge in [-0.15, -0.1) is 0 Å². The fourth-order valence-corrected chi connectivity index (χ4v) is 3.46. The van der Waals surface area contributed by atoms with Crippen molar-refractivity contribution in [2.45, 2.75) is 25.2 Å². The molecule has 21 heavy (non-hydrogen) atoms. The fraction of sp³-hybridized carbons (Fsp3) is 0.462. The molecule has 1 rings (SSSR count). The van der Waals surface area contributed by atoms with E-state index < -0.39 is 15.0 Å². The van der Waals surface area contributed by atoms with Gasteiger partial charge in [0.1, 0.15) is 0 Å². The van der Waals surface area contributed by atoms with Crippen LogP contribution < -0.4 is 0 Å². The summed E-state index contributed by atoms with van der Waals surface area (Å²) in [4.78, 5) is 4.25. The van der Waals surface area contributed by atoms with Gasteiger partial charge in [-0.2, -0.15) is 0 Å². The second kappa shape index (κ2) is 8.34. The summed E-state index contributed by atoms with van der Waals surface area (Å²) in [7, 11) is -0.705. The van der Waals surface area contributed by atoms with Gasteiger partial charge in [0.25, 0.3) is 0 Å². The summed E-state index contributed by atoms with van der Waals surface area (Å²) in [5.41, 5.74) is 1.09. The van der Waals surface area contributed by atoms with E-state index in [1.165, 1.54) is 14.2 Å². The molecule has 0 atom stereocenters. The van der Waals surface area contributed by atoms with E-state index in [9.17, 15) is 0 Å². The lowest BCUT2D eigenvalue weighted by Gasteiger charge is -2.29. The minimum absolute atomic E-state index is 0.252. The molecule has 0 amide bonds. The topological polar surface area (TPSA) is 101 Å². The van der Waals surface area contributed by atoms with Crippen LogP contribution >= 0.6 is 0 Å². The quantitative estimate of drug-likeness (QED) is 0.348. The number of hydrogen-bond acceptors (Lipinski definition) is 7. The van der Waals surface area contributed by atoms with Gasteiger partial charge in [0.2, 0.25) is 0 Å². The average molecular weight is 315 g/mol. The Kier molecular flexibility index (Phi) is 7.12. The van der Waals surface area contributed by atoms with Crippen LogP contribution in [0.1, 0.15) is 12.0 Å². The summed E-state index contributed by atoms with van der Waals surface area (Å²) in [5.74, 6) is 0. The van der Waals surface area contributed by atoms with Crippen LogP contribution in [0, 0.1) is 0 Å². The number of rotatable bonds is 9. The average Bonchev–Trinajstić information content (AvgIpc) is 2.45. The second-order valence-corrected chi connectivity index (χ2v) is 7.20. The van der Waals surface area contributed by atoms with Crippen molar-refractivity contribution in [1.29, 1.82) is 0 Å². The Labute approximate surface area is 124 Å². The lowest BCUT2D eigenvalue weighted by Crippen LogP contribution is -2.52. The van der Waals surface area contributed by atoms with Crippen molar-refractivity contribution in [3.05, 3.63) is 35.9 Å². The largest absolute Gasteiger partial charge is 0.506 e. The van der Waals surface area contributed by atoms with Crippen molar-refractivity contribution in [3.63, 3.8) is 0 Å². The summed E-state index contributed by atoms with van der Waals surface area (Å²) >= 11 is 0. The Morgan fingerprint density at radius 1 is 1.14 bits per heavy atom. The molecule has 118 valence electrons. The number of benzene rings is 1. The maximum absolute atomic E-state index is 8.90. The van der Waals surface area contributed by atoms with Crippen LogP contribution in [-0.2, 0) is 19.8 Å². The van der Waals surface area contributed by atoms with Crippen LogP contribution in [-0.4, -0.2) is 50.7 Å².